The first kappa shape index (κ1) is 15.1. The molecule has 1 unspecified atom stereocenters. The summed E-state index contributed by atoms with van der Waals surface area (Å²) in [6.45, 7) is 6.15. The van der Waals surface area contributed by atoms with Gasteiger partial charge in [-0.05, 0) is 19.0 Å². The van der Waals surface area contributed by atoms with Gasteiger partial charge in [0.2, 0.25) is 0 Å². The molecule has 0 radical (unpaired) electrons. The van der Waals surface area contributed by atoms with Crippen molar-refractivity contribution in [2.24, 2.45) is 0 Å². The number of piperazine rings is 1. The number of benzene rings is 1. The summed E-state index contributed by atoms with van der Waals surface area (Å²) in [6.07, 6.45) is 1.23. The van der Waals surface area contributed by atoms with Gasteiger partial charge in [0, 0.05) is 56.6 Å². The third-order valence-electron chi connectivity index (χ3n) is 4.59. The topological polar surface area (TPSA) is 70.9 Å². The zero-order chi connectivity index (χ0) is 15.5. The van der Waals surface area contributed by atoms with Gasteiger partial charge < -0.3 is 15.0 Å². The van der Waals surface area contributed by atoms with Crippen LogP contribution in [0.2, 0.25) is 0 Å². The molecule has 1 aromatic carbocycles. The Hall–Kier alpha value is -1.86. The zero-order valence-electron chi connectivity index (χ0n) is 12.8. The Morgan fingerprint density at radius 3 is 2.68 bits per heavy atom. The quantitative estimate of drug-likeness (QED) is 0.663. The third-order valence-corrected chi connectivity index (χ3v) is 4.59. The zero-order valence-corrected chi connectivity index (χ0v) is 12.8. The van der Waals surface area contributed by atoms with Crippen molar-refractivity contribution in [1.29, 1.82) is 0 Å². The van der Waals surface area contributed by atoms with Gasteiger partial charge in [0.15, 0.2) is 5.75 Å². The molecule has 1 aromatic rings. The number of nitrogens with one attached hydrogen (secondary N) is 1. The standard InChI is InChI=1S/C15H22N4O3/c1-22-15-10-12(2-3-14(15)19(20)21)17-6-8-18(9-7-17)13-4-5-16-11-13/h2-3,10,13,16H,4-9,11H2,1H3. The Morgan fingerprint density at radius 1 is 1.32 bits per heavy atom. The van der Waals surface area contributed by atoms with E-state index in [-0.39, 0.29) is 5.69 Å². The van der Waals surface area contributed by atoms with E-state index >= 15 is 0 Å². The molecule has 0 aromatic heterocycles. The van der Waals surface area contributed by atoms with E-state index in [1.807, 2.05) is 6.07 Å². The van der Waals surface area contributed by atoms with E-state index in [4.69, 9.17) is 4.74 Å². The van der Waals surface area contributed by atoms with Gasteiger partial charge in [-0.3, -0.25) is 15.0 Å². The minimum Gasteiger partial charge on any atom is -0.490 e. The summed E-state index contributed by atoms with van der Waals surface area (Å²) in [4.78, 5) is 15.4. The number of nitrogens with zero attached hydrogens (tertiary/aromatic N) is 3. The Balaban J connectivity index is 1.66. The lowest BCUT2D eigenvalue weighted by Crippen LogP contribution is -2.51. The van der Waals surface area contributed by atoms with Crippen LogP contribution >= 0.6 is 0 Å². The minimum atomic E-state index is -0.409. The van der Waals surface area contributed by atoms with Crippen LogP contribution in [0.15, 0.2) is 18.2 Å². The molecule has 0 saturated carbocycles. The second kappa shape index (κ2) is 6.50. The molecule has 7 nitrogen and oxygen atoms in total. The van der Waals surface area contributed by atoms with Crippen molar-refractivity contribution < 1.29 is 9.66 Å². The number of nitro groups is 1. The van der Waals surface area contributed by atoms with Crippen LogP contribution in [0.5, 0.6) is 5.75 Å². The van der Waals surface area contributed by atoms with Crippen molar-refractivity contribution >= 4 is 11.4 Å². The number of anilines is 1. The van der Waals surface area contributed by atoms with E-state index in [2.05, 4.69) is 15.1 Å². The largest absolute Gasteiger partial charge is 0.490 e. The maximum Gasteiger partial charge on any atom is 0.311 e. The normalized spacial score (nSPS) is 22.8. The Kier molecular flexibility index (Phi) is 4.44. The van der Waals surface area contributed by atoms with Gasteiger partial charge >= 0.3 is 5.69 Å². The van der Waals surface area contributed by atoms with Crippen molar-refractivity contribution in [3.05, 3.63) is 28.3 Å². The molecule has 120 valence electrons. The number of nitro benzene ring substituents is 1. The lowest BCUT2D eigenvalue weighted by Gasteiger charge is -2.38. The fourth-order valence-corrected chi connectivity index (χ4v) is 3.31. The van der Waals surface area contributed by atoms with Crippen LogP contribution < -0.4 is 15.0 Å². The van der Waals surface area contributed by atoms with Crippen molar-refractivity contribution in [1.82, 2.24) is 10.2 Å². The highest BCUT2D eigenvalue weighted by Crippen LogP contribution is 2.31. The first-order chi connectivity index (χ1) is 10.7. The van der Waals surface area contributed by atoms with Crippen LogP contribution in [0.4, 0.5) is 11.4 Å². The van der Waals surface area contributed by atoms with Crippen molar-refractivity contribution in [2.75, 3.05) is 51.3 Å². The first-order valence-corrected chi connectivity index (χ1v) is 7.71. The molecule has 0 amide bonds. The number of methoxy groups -OCH3 is 1. The van der Waals surface area contributed by atoms with Crippen LogP contribution in [0, 0.1) is 10.1 Å². The predicted molar refractivity (Wildman–Crippen MR) is 84.7 cm³/mol. The van der Waals surface area contributed by atoms with E-state index in [0.717, 1.165) is 45.0 Å². The van der Waals surface area contributed by atoms with E-state index < -0.39 is 4.92 Å². The van der Waals surface area contributed by atoms with Crippen molar-refractivity contribution in [3.8, 4) is 5.75 Å². The number of hydrogen-bond donors (Lipinski definition) is 1. The van der Waals surface area contributed by atoms with Gasteiger partial charge in [-0.15, -0.1) is 0 Å². The molecule has 2 heterocycles. The third kappa shape index (κ3) is 3.00. The lowest BCUT2D eigenvalue weighted by molar-refractivity contribution is -0.385. The van der Waals surface area contributed by atoms with Gasteiger partial charge in [-0.25, -0.2) is 0 Å². The van der Waals surface area contributed by atoms with Crippen molar-refractivity contribution in [2.45, 2.75) is 12.5 Å². The van der Waals surface area contributed by atoms with E-state index in [0.29, 0.717) is 11.8 Å². The highest BCUT2D eigenvalue weighted by atomic mass is 16.6. The molecule has 1 atom stereocenters. The SMILES string of the molecule is COc1cc(N2CCN(C3CCNC3)CC2)ccc1[N+](=O)[O-]. The minimum absolute atomic E-state index is 0.0157. The van der Waals surface area contributed by atoms with E-state index in [1.54, 1.807) is 6.07 Å². The molecule has 3 rings (SSSR count). The molecule has 7 heteroatoms. The summed E-state index contributed by atoms with van der Waals surface area (Å²) in [5.41, 5.74) is 1.01. The number of rotatable bonds is 4. The van der Waals surface area contributed by atoms with Crippen LogP contribution in [0.25, 0.3) is 0 Å². The summed E-state index contributed by atoms with van der Waals surface area (Å²) in [7, 11) is 1.47. The maximum absolute atomic E-state index is 11.0. The summed E-state index contributed by atoms with van der Waals surface area (Å²) in [5, 5.41) is 14.4. The van der Waals surface area contributed by atoms with Crippen LogP contribution in [-0.2, 0) is 0 Å². The molecule has 1 N–H and O–H groups in total. The number of hydrogen-bond acceptors (Lipinski definition) is 6. The van der Waals surface area contributed by atoms with E-state index in [1.165, 1.54) is 19.6 Å². The molecule has 0 aliphatic carbocycles. The highest BCUT2D eigenvalue weighted by molar-refractivity contribution is 5.59. The second-order valence-corrected chi connectivity index (χ2v) is 5.78. The molecule has 22 heavy (non-hydrogen) atoms. The molecule has 2 saturated heterocycles. The first-order valence-electron chi connectivity index (χ1n) is 7.71. The van der Waals surface area contributed by atoms with Crippen LogP contribution in [0.1, 0.15) is 6.42 Å². The molecule has 0 spiro atoms. The van der Waals surface area contributed by atoms with Gasteiger partial charge in [-0.2, -0.15) is 0 Å². The maximum atomic E-state index is 11.0. The fourth-order valence-electron chi connectivity index (χ4n) is 3.31. The summed E-state index contributed by atoms with van der Waals surface area (Å²) in [6, 6.07) is 5.77. The Labute approximate surface area is 130 Å². The van der Waals surface area contributed by atoms with E-state index in [9.17, 15) is 10.1 Å². The average molecular weight is 306 g/mol. The second-order valence-electron chi connectivity index (χ2n) is 5.78. The van der Waals surface area contributed by atoms with Crippen molar-refractivity contribution in [3.63, 3.8) is 0 Å². The summed E-state index contributed by atoms with van der Waals surface area (Å²) < 4.78 is 5.15. The molecule has 2 fully saturated rings. The van der Waals surface area contributed by atoms with Gasteiger partial charge in [0.25, 0.3) is 0 Å². The number of ether oxygens (including phenoxy) is 1. The molecule has 2 aliphatic rings. The average Bonchev–Trinajstić information content (AvgIpc) is 3.08. The molecule has 2 aliphatic heterocycles. The Bertz CT molecular complexity index is 538. The monoisotopic (exact) mass is 306 g/mol. The Morgan fingerprint density at radius 2 is 2.09 bits per heavy atom. The molecular weight excluding hydrogens is 284 g/mol. The summed E-state index contributed by atoms with van der Waals surface area (Å²) >= 11 is 0. The van der Waals surface area contributed by atoms with Crippen LogP contribution in [0.3, 0.4) is 0 Å². The van der Waals surface area contributed by atoms with Gasteiger partial charge in [-0.1, -0.05) is 0 Å². The molecule has 0 bridgehead atoms. The van der Waals surface area contributed by atoms with Gasteiger partial charge in [0.05, 0.1) is 12.0 Å². The lowest BCUT2D eigenvalue weighted by atomic mass is 10.1. The summed E-state index contributed by atoms with van der Waals surface area (Å²) in [5.74, 6) is 0.324. The smallest absolute Gasteiger partial charge is 0.311 e. The highest BCUT2D eigenvalue weighted by Gasteiger charge is 2.26. The van der Waals surface area contributed by atoms with Crippen LogP contribution in [-0.4, -0.2) is 62.2 Å². The fraction of sp³-hybridized carbons (Fsp3) is 0.600. The predicted octanol–water partition coefficient (Wildman–Crippen LogP) is 1.09. The van der Waals surface area contributed by atoms with Gasteiger partial charge in [0.1, 0.15) is 0 Å². The molecular formula is C15H22N4O3.